The number of benzene rings is 2. The maximum atomic E-state index is 13.0. The summed E-state index contributed by atoms with van der Waals surface area (Å²) in [6.07, 6.45) is 0.903. The van der Waals surface area contributed by atoms with E-state index >= 15 is 0 Å². The Kier molecular flexibility index (Phi) is 4.28. The van der Waals surface area contributed by atoms with Crippen LogP contribution in [0.1, 0.15) is 24.4 Å². The van der Waals surface area contributed by atoms with Gasteiger partial charge in [0.25, 0.3) is 0 Å². The van der Waals surface area contributed by atoms with Crippen LogP contribution < -0.4 is 5.32 Å². The number of hydrogen-bond acceptors (Lipinski definition) is 4. The van der Waals surface area contributed by atoms with Crippen molar-refractivity contribution in [3.63, 3.8) is 0 Å². The summed E-state index contributed by atoms with van der Waals surface area (Å²) in [6.45, 7) is 1.09. The number of likely N-dealkylation sites (tertiary alicyclic amines) is 1. The van der Waals surface area contributed by atoms with E-state index in [0.29, 0.717) is 25.3 Å². The van der Waals surface area contributed by atoms with E-state index < -0.39 is 5.72 Å². The van der Waals surface area contributed by atoms with E-state index in [4.69, 9.17) is 4.74 Å². The summed E-state index contributed by atoms with van der Waals surface area (Å²) in [5.41, 5.74) is 1.02. The van der Waals surface area contributed by atoms with Crippen molar-refractivity contribution in [2.24, 2.45) is 0 Å². The number of rotatable bonds is 4. The van der Waals surface area contributed by atoms with Gasteiger partial charge in [0.2, 0.25) is 11.8 Å². The topological polar surface area (TPSA) is 61.9 Å². The predicted molar refractivity (Wildman–Crippen MR) is 104 cm³/mol. The first-order valence-electron chi connectivity index (χ1n) is 9.88. The van der Waals surface area contributed by atoms with Crippen LogP contribution >= 0.6 is 0 Å². The molecule has 0 aliphatic carbocycles. The van der Waals surface area contributed by atoms with E-state index in [1.54, 1.807) is 17.0 Å². The smallest absolute Gasteiger partial charge is 0.242 e. The number of hydrogen-bond donors (Lipinski definition) is 1. The second-order valence-electron chi connectivity index (χ2n) is 7.76. The third-order valence-electron chi connectivity index (χ3n) is 6.25. The fourth-order valence-electron chi connectivity index (χ4n) is 4.91. The monoisotopic (exact) mass is 395 g/mol. The van der Waals surface area contributed by atoms with Crippen molar-refractivity contribution in [2.75, 3.05) is 25.0 Å². The van der Waals surface area contributed by atoms with Gasteiger partial charge in [-0.2, -0.15) is 0 Å². The van der Waals surface area contributed by atoms with Crippen molar-refractivity contribution in [1.82, 2.24) is 9.80 Å². The molecule has 1 N–H and O–H groups in total. The molecule has 6 nitrogen and oxygen atoms in total. The molecule has 150 valence electrons. The number of amides is 2. The molecule has 5 rings (SSSR count). The molecule has 3 aliphatic rings. The van der Waals surface area contributed by atoms with Gasteiger partial charge in [-0.05, 0) is 29.8 Å². The summed E-state index contributed by atoms with van der Waals surface area (Å²) in [5.74, 6) is -0.373. The van der Waals surface area contributed by atoms with Crippen LogP contribution in [0, 0.1) is 5.82 Å². The fraction of sp³-hybridized carbons (Fsp3) is 0.364. The molecule has 1 spiro atoms. The highest BCUT2D eigenvalue weighted by atomic mass is 19.1. The lowest BCUT2D eigenvalue weighted by atomic mass is 10.0. The number of carbonyl (C=O) groups excluding carboxylic acids is 2. The fourth-order valence-corrected chi connectivity index (χ4v) is 4.91. The molecule has 3 saturated heterocycles. The van der Waals surface area contributed by atoms with E-state index in [-0.39, 0.29) is 42.7 Å². The summed E-state index contributed by atoms with van der Waals surface area (Å²) >= 11 is 0. The van der Waals surface area contributed by atoms with Crippen molar-refractivity contribution in [3.05, 3.63) is 66.0 Å². The first-order chi connectivity index (χ1) is 14.1. The minimum Gasteiger partial charge on any atom is -0.376 e. The molecular weight excluding hydrogens is 373 g/mol. The molecule has 0 saturated carbocycles. The number of anilines is 1. The number of halogens is 1. The highest BCUT2D eigenvalue weighted by molar-refractivity contribution is 5.86. The summed E-state index contributed by atoms with van der Waals surface area (Å²) in [4.78, 5) is 29.4. The second-order valence-corrected chi connectivity index (χ2v) is 7.76. The quantitative estimate of drug-likeness (QED) is 0.864. The molecule has 29 heavy (non-hydrogen) atoms. The minimum atomic E-state index is -0.719. The summed E-state index contributed by atoms with van der Waals surface area (Å²) in [6, 6.07) is 15.4. The van der Waals surface area contributed by atoms with Gasteiger partial charge in [-0.1, -0.05) is 30.3 Å². The Morgan fingerprint density at radius 2 is 1.93 bits per heavy atom. The zero-order chi connectivity index (χ0) is 20.0. The maximum Gasteiger partial charge on any atom is 0.242 e. The highest BCUT2D eigenvalue weighted by Crippen LogP contribution is 2.51. The first kappa shape index (κ1) is 18.1. The third kappa shape index (κ3) is 2.88. The van der Waals surface area contributed by atoms with Gasteiger partial charge in [0, 0.05) is 18.7 Å². The average Bonchev–Trinajstić information content (AvgIpc) is 3.37. The Labute approximate surface area is 168 Å². The first-order valence-corrected chi connectivity index (χ1v) is 9.88. The summed E-state index contributed by atoms with van der Waals surface area (Å²) in [5, 5.41) is 3.03. The molecule has 0 unspecified atom stereocenters. The Morgan fingerprint density at radius 3 is 2.69 bits per heavy atom. The van der Waals surface area contributed by atoms with Gasteiger partial charge in [0.1, 0.15) is 5.82 Å². The zero-order valence-electron chi connectivity index (χ0n) is 15.9. The Bertz CT molecular complexity index is 936. The van der Waals surface area contributed by atoms with Crippen molar-refractivity contribution < 1.29 is 18.7 Å². The van der Waals surface area contributed by atoms with Crippen LogP contribution in [0.2, 0.25) is 0 Å². The summed E-state index contributed by atoms with van der Waals surface area (Å²) < 4.78 is 19.3. The van der Waals surface area contributed by atoms with Crippen LogP contribution in [0.4, 0.5) is 10.1 Å². The number of ether oxygens (including phenoxy) is 1. The van der Waals surface area contributed by atoms with Gasteiger partial charge in [0.05, 0.1) is 31.7 Å². The van der Waals surface area contributed by atoms with E-state index in [1.165, 1.54) is 12.1 Å². The largest absolute Gasteiger partial charge is 0.376 e. The second kappa shape index (κ2) is 6.84. The van der Waals surface area contributed by atoms with Gasteiger partial charge in [-0.25, -0.2) is 4.39 Å². The van der Waals surface area contributed by atoms with Crippen LogP contribution in [0.25, 0.3) is 0 Å². The number of carbonyl (C=O) groups is 2. The lowest BCUT2D eigenvalue weighted by Gasteiger charge is -2.33. The van der Waals surface area contributed by atoms with Gasteiger partial charge in [-0.15, -0.1) is 0 Å². The molecule has 2 aromatic carbocycles. The SMILES string of the molecule is O=C(CNc1ccc(F)cc1)N1CC[C@@]23OC[C@@H](c4ccccc4)N2C(=O)C[C@@H]13. The molecule has 0 aromatic heterocycles. The molecule has 0 bridgehead atoms. The van der Waals surface area contributed by atoms with Crippen LogP contribution in [0.3, 0.4) is 0 Å². The lowest BCUT2D eigenvalue weighted by Crippen LogP contribution is -2.50. The van der Waals surface area contributed by atoms with E-state index in [9.17, 15) is 14.0 Å². The lowest BCUT2D eigenvalue weighted by molar-refractivity contribution is -0.140. The predicted octanol–water partition coefficient (Wildman–Crippen LogP) is 2.54. The highest BCUT2D eigenvalue weighted by Gasteiger charge is 2.65. The number of nitrogens with zero attached hydrogens (tertiary/aromatic N) is 2. The van der Waals surface area contributed by atoms with Crippen molar-refractivity contribution in [1.29, 1.82) is 0 Å². The van der Waals surface area contributed by atoms with E-state index in [0.717, 1.165) is 5.56 Å². The van der Waals surface area contributed by atoms with Crippen LogP contribution in [-0.4, -0.2) is 53.1 Å². The van der Waals surface area contributed by atoms with Crippen LogP contribution in [0.5, 0.6) is 0 Å². The standard InChI is InChI=1S/C22H22FN3O3/c23-16-6-8-17(9-7-16)24-13-21(28)25-11-10-22-19(25)12-20(27)26(22)18(14-29-22)15-4-2-1-3-5-15/h1-9,18-19,24H,10-14H2/t18-,19+,22-/m0/s1. The molecule has 3 fully saturated rings. The zero-order valence-corrected chi connectivity index (χ0v) is 15.9. The number of nitrogens with one attached hydrogen (secondary N) is 1. The minimum absolute atomic E-state index is 0.0327. The molecular formula is C22H22FN3O3. The Morgan fingerprint density at radius 1 is 1.17 bits per heavy atom. The molecule has 3 heterocycles. The maximum absolute atomic E-state index is 13.0. The summed E-state index contributed by atoms with van der Waals surface area (Å²) in [7, 11) is 0. The van der Waals surface area contributed by atoms with Gasteiger partial charge >= 0.3 is 0 Å². The Hall–Kier alpha value is -2.93. The van der Waals surface area contributed by atoms with Gasteiger partial charge in [-0.3, -0.25) is 9.59 Å². The molecule has 2 aromatic rings. The van der Waals surface area contributed by atoms with Gasteiger partial charge in [0.15, 0.2) is 5.72 Å². The molecule has 3 atom stereocenters. The van der Waals surface area contributed by atoms with E-state index in [2.05, 4.69) is 5.32 Å². The van der Waals surface area contributed by atoms with Crippen molar-refractivity contribution in [2.45, 2.75) is 30.7 Å². The van der Waals surface area contributed by atoms with E-state index in [1.807, 2.05) is 35.2 Å². The van der Waals surface area contributed by atoms with Crippen LogP contribution in [-0.2, 0) is 14.3 Å². The molecule has 2 amide bonds. The normalized spacial score (nSPS) is 27.8. The van der Waals surface area contributed by atoms with Gasteiger partial charge < -0.3 is 19.9 Å². The third-order valence-corrected chi connectivity index (χ3v) is 6.25. The van der Waals surface area contributed by atoms with Crippen LogP contribution in [0.15, 0.2) is 54.6 Å². The average molecular weight is 395 g/mol. The molecule has 7 heteroatoms. The Balaban J connectivity index is 1.32. The van der Waals surface area contributed by atoms with Crippen molar-refractivity contribution >= 4 is 17.5 Å². The van der Waals surface area contributed by atoms with Crippen molar-refractivity contribution in [3.8, 4) is 0 Å². The molecule has 0 radical (unpaired) electrons. The molecule has 3 aliphatic heterocycles.